The van der Waals surface area contributed by atoms with Gasteiger partial charge in [-0.2, -0.15) is 13.2 Å². The number of thiocarbonyl (C=S) groups is 1. The predicted octanol–water partition coefficient (Wildman–Crippen LogP) is 6.06. The summed E-state index contributed by atoms with van der Waals surface area (Å²) in [5.41, 5.74) is -1.08. The summed E-state index contributed by atoms with van der Waals surface area (Å²) in [5.74, 6) is -2.39. The van der Waals surface area contributed by atoms with Crippen LogP contribution in [0.2, 0.25) is 0 Å². The zero-order valence-electron chi connectivity index (χ0n) is 17.6. The summed E-state index contributed by atoms with van der Waals surface area (Å²) in [7, 11) is 0. The van der Waals surface area contributed by atoms with Gasteiger partial charge in [0.1, 0.15) is 15.9 Å². The van der Waals surface area contributed by atoms with E-state index >= 15 is 0 Å². The number of rotatable bonds is 8. The molecule has 3 rings (SSSR count). The number of hydrogen-bond acceptors (Lipinski definition) is 5. The second-order valence-electron chi connectivity index (χ2n) is 7.50. The highest BCUT2D eigenvalue weighted by Gasteiger charge is 2.32. The molecule has 2 aromatic carbocycles. The summed E-state index contributed by atoms with van der Waals surface area (Å²) in [4.78, 5) is 24.9. The Morgan fingerprint density at radius 3 is 2.53 bits per heavy atom. The zero-order valence-corrected chi connectivity index (χ0v) is 19.2. The number of aromatic hydroxyl groups is 1. The molecule has 0 saturated carbocycles. The van der Waals surface area contributed by atoms with Gasteiger partial charge < -0.3 is 10.2 Å². The number of unbranched alkanes of at least 4 members (excludes halogenated alkanes) is 2. The maximum Gasteiger partial charge on any atom is 0.416 e. The van der Waals surface area contributed by atoms with Gasteiger partial charge in [0.25, 0.3) is 5.91 Å². The van der Waals surface area contributed by atoms with Gasteiger partial charge in [-0.1, -0.05) is 36.5 Å². The topological polar surface area (TPSA) is 77.8 Å². The van der Waals surface area contributed by atoms with Gasteiger partial charge in [-0.25, -0.2) is 4.39 Å². The maximum absolute atomic E-state index is 14.3. The molecule has 5 nitrogen and oxygen atoms in total. The van der Waals surface area contributed by atoms with Crippen LogP contribution < -0.4 is 0 Å². The highest BCUT2D eigenvalue weighted by molar-refractivity contribution is 8.26. The van der Waals surface area contributed by atoms with E-state index in [2.05, 4.69) is 0 Å². The minimum Gasteiger partial charge on any atom is -0.507 e. The molecule has 0 spiro atoms. The maximum atomic E-state index is 14.3. The van der Waals surface area contributed by atoms with E-state index < -0.39 is 29.4 Å². The highest BCUT2D eigenvalue weighted by atomic mass is 32.2. The van der Waals surface area contributed by atoms with Crippen LogP contribution in [0.15, 0.2) is 41.3 Å². The number of carbonyl (C=O) groups is 2. The number of nitrogens with zero attached hydrogens (tertiary/aromatic N) is 1. The lowest BCUT2D eigenvalue weighted by atomic mass is 9.99. The molecule has 1 fully saturated rings. The van der Waals surface area contributed by atoms with Crippen LogP contribution in [-0.4, -0.2) is 37.9 Å². The molecule has 11 heteroatoms. The van der Waals surface area contributed by atoms with Gasteiger partial charge in [0, 0.05) is 24.1 Å². The van der Waals surface area contributed by atoms with Crippen molar-refractivity contribution in [2.24, 2.45) is 0 Å². The first-order valence-electron chi connectivity index (χ1n) is 10.1. The summed E-state index contributed by atoms with van der Waals surface area (Å²) in [6, 6.07) is 5.86. The number of hydrogen-bond donors (Lipinski definition) is 2. The van der Waals surface area contributed by atoms with Crippen molar-refractivity contribution in [2.75, 3.05) is 6.54 Å². The van der Waals surface area contributed by atoms with Crippen molar-refractivity contribution in [2.45, 2.75) is 31.9 Å². The van der Waals surface area contributed by atoms with Crippen LogP contribution in [0.25, 0.3) is 17.2 Å². The number of aliphatic carboxylic acids is 1. The van der Waals surface area contributed by atoms with Crippen molar-refractivity contribution >= 4 is 46.3 Å². The number of carboxylic acid groups (broad SMARTS) is 1. The lowest BCUT2D eigenvalue weighted by molar-refractivity contribution is -0.138. The lowest BCUT2D eigenvalue weighted by Crippen LogP contribution is -2.29. The van der Waals surface area contributed by atoms with Crippen molar-refractivity contribution in [1.29, 1.82) is 0 Å². The van der Waals surface area contributed by atoms with Crippen LogP contribution in [0.5, 0.6) is 5.75 Å². The molecular formula is C23H19F4NO4S2. The molecule has 0 radical (unpaired) electrons. The number of phenols is 1. The summed E-state index contributed by atoms with van der Waals surface area (Å²) in [5, 5.41) is 18.9. The molecule has 1 amide bonds. The number of amides is 1. The normalized spacial score (nSPS) is 15.4. The lowest BCUT2D eigenvalue weighted by Gasteiger charge is -2.13. The summed E-state index contributed by atoms with van der Waals surface area (Å²) >= 11 is 6.25. The first-order valence-corrected chi connectivity index (χ1v) is 11.4. The Morgan fingerprint density at radius 2 is 1.85 bits per heavy atom. The van der Waals surface area contributed by atoms with Gasteiger partial charge in [0.2, 0.25) is 0 Å². The average Bonchev–Trinajstić information content (AvgIpc) is 3.01. The molecule has 0 bridgehead atoms. The number of carboxylic acids is 1. The molecule has 180 valence electrons. The minimum atomic E-state index is -4.65. The molecule has 1 aliphatic heterocycles. The van der Waals surface area contributed by atoms with E-state index in [0.717, 1.165) is 17.8 Å². The number of alkyl halides is 3. The Kier molecular flexibility index (Phi) is 7.98. The summed E-state index contributed by atoms with van der Waals surface area (Å²) in [6.45, 7) is 0.309. The van der Waals surface area contributed by atoms with E-state index in [0.29, 0.717) is 42.3 Å². The van der Waals surface area contributed by atoms with E-state index in [1.54, 1.807) is 0 Å². The average molecular weight is 514 g/mol. The largest absolute Gasteiger partial charge is 0.507 e. The third kappa shape index (κ3) is 6.15. The molecule has 0 unspecified atom stereocenters. The van der Waals surface area contributed by atoms with Crippen LogP contribution in [-0.2, 0) is 15.8 Å². The molecule has 1 heterocycles. The Labute approximate surface area is 202 Å². The van der Waals surface area contributed by atoms with E-state index in [9.17, 15) is 32.3 Å². The monoisotopic (exact) mass is 513 g/mol. The second-order valence-corrected chi connectivity index (χ2v) is 9.18. The van der Waals surface area contributed by atoms with Crippen LogP contribution >= 0.6 is 24.0 Å². The van der Waals surface area contributed by atoms with Crippen LogP contribution in [0.3, 0.4) is 0 Å². The van der Waals surface area contributed by atoms with Crippen molar-refractivity contribution in [3.63, 3.8) is 0 Å². The molecule has 0 atom stereocenters. The zero-order chi connectivity index (χ0) is 25.0. The first-order chi connectivity index (χ1) is 16.0. The number of halogens is 4. The van der Waals surface area contributed by atoms with Gasteiger partial charge in [0.05, 0.1) is 10.5 Å². The quantitative estimate of drug-likeness (QED) is 0.193. The fourth-order valence-corrected chi connectivity index (χ4v) is 4.62. The SMILES string of the molecule is O=C(O)CCCCCN1C(=O)C(=Cc2cc(-c3cc(C(F)(F)F)ccc3F)ccc2O)SC1=S. The van der Waals surface area contributed by atoms with Crippen molar-refractivity contribution in [3.8, 4) is 16.9 Å². The molecule has 1 saturated heterocycles. The third-order valence-corrected chi connectivity index (χ3v) is 6.44. The van der Waals surface area contributed by atoms with Crippen LogP contribution in [0, 0.1) is 5.82 Å². The molecule has 34 heavy (non-hydrogen) atoms. The third-order valence-electron chi connectivity index (χ3n) is 5.06. The first kappa shape index (κ1) is 25.7. The minimum absolute atomic E-state index is 0.0420. The van der Waals surface area contributed by atoms with Gasteiger partial charge in [-0.05, 0) is 54.8 Å². The smallest absolute Gasteiger partial charge is 0.416 e. The van der Waals surface area contributed by atoms with Crippen LogP contribution in [0.4, 0.5) is 17.6 Å². The van der Waals surface area contributed by atoms with Crippen molar-refractivity contribution in [3.05, 3.63) is 58.2 Å². The second kappa shape index (κ2) is 10.6. The Balaban J connectivity index is 1.82. The standard InChI is InChI=1S/C23H19F4NO4S2/c24-17-7-6-15(23(25,26)27)12-16(17)13-5-8-18(29)14(10-13)11-19-21(32)28(22(33)34-19)9-3-1-2-4-20(30)31/h5-8,10-12,29H,1-4,9H2,(H,30,31). The van der Waals surface area contributed by atoms with Crippen LogP contribution in [0.1, 0.15) is 36.8 Å². The van der Waals surface area contributed by atoms with E-state index in [1.807, 2.05) is 0 Å². The van der Waals surface area contributed by atoms with E-state index in [4.69, 9.17) is 17.3 Å². The molecular weight excluding hydrogens is 494 g/mol. The molecule has 2 aromatic rings. The van der Waals surface area contributed by atoms with Gasteiger partial charge in [0.15, 0.2) is 0 Å². The fourth-order valence-electron chi connectivity index (χ4n) is 3.32. The van der Waals surface area contributed by atoms with Crippen molar-refractivity contribution < 1.29 is 37.4 Å². The van der Waals surface area contributed by atoms with E-state index in [-0.39, 0.29) is 33.8 Å². The Morgan fingerprint density at radius 1 is 1.12 bits per heavy atom. The molecule has 0 aromatic heterocycles. The van der Waals surface area contributed by atoms with Gasteiger partial charge in [-0.3, -0.25) is 14.5 Å². The molecule has 0 aliphatic carbocycles. The Hall–Kier alpha value is -2.92. The predicted molar refractivity (Wildman–Crippen MR) is 124 cm³/mol. The number of thioether (sulfide) groups is 1. The number of benzene rings is 2. The highest BCUT2D eigenvalue weighted by Crippen LogP contribution is 2.37. The van der Waals surface area contributed by atoms with Crippen molar-refractivity contribution in [1.82, 2.24) is 4.90 Å². The number of phenolic OH excluding ortho intramolecular Hbond substituents is 1. The summed E-state index contributed by atoms with van der Waals surface area (Å²) < 4.78 is 53.8. The molecule has 2 N–H and O–H groups in total. The molecule has 1 aliphatic rings. The summed E-state index contributed by atoms with van der Waals surface area (Å²) in [6.07, 6.45) is -1.61. The number of carbonyl (C=O) groups excluding carboxylic acids is 1. The van der Waals surface area contributed by atoms with E-state index in [1.165, 1.54) is 29.2 Å². The van der Waals surface area contributed by atoms with Gasteiger partial charge in [-0.15, -0.1) is 0 Å². The Bertz CT molecular complexity index is 1160. The van der Waals surface area contributed by atoms with Gasteiger partial charge >= 0.3 is 12.1 Å². The fraction of sp³-hybridized carbons (Fsp3) is 0.261.